The number of carboxylic acids is 1. The SMILES string of the molecule is NCc1cccc(-c2cc(COc3ccccc3CC(=O)O)cc(C(O)C3CCCCC3)c2)c1. The first-order valence-corrected chi connectivity index (χ1v) is 12.1. The molecule has 4 rings (SSSR count). The van der Waals surface area contributed by atoms with Gasteiger partial charge in [0.2, 0.25) is 0 Å². The van der Waals surface area contributed by atoms with Gasteiger partial charge < -0.3 is 20.7 Å². The Kier molecular flexibility index (Phi) is 7.99. The average Bonchev–Trinajstić information content (AvgIpc) is 2.88. The normalized spacial score (nSPS) is 15.1. The van der Waals surface area contributed by atoms with Gasteiger partial charge in [-0.2, -0.15) is 0 Å². The Hall–Kier alpha value is -3.15. The van der Waals surface area contributed by atoms with Crippen LogP contribution in [0.2, 0.25) is 0 Å². The summed E-state index contributed by atoms with van der Waals surface area (Å²) in [6.07, 6.45) is 5.05. The summed E-state index contributed by atoms with van der Waals surface area (Å²) in [5.74, 6) is -0.0602. The van der Waals surface area contributed by atoms with Crippen LogP contribution in [-0.2, 0) is 24.4 Å². The molecule has 3 aromatic carbocycles. The van der Waals surface area contributed by atoms with Crippen LogP contribution in [0.4, 0.5) is 0 Å². The monoisotopic (exact) mass is 459 g/mol. The van der Waals surface area contributed by atoms with E-state index in [0.717, 1.165) is 53.5 Å². The highest BCUT2D eigenvalue weighted by Crippen LogP contribution is 2.36. The first-order chi connectivity index (χ1) is 16.5. The summed E-state index contributed by atoms with van der Waals surface area (Å²) in [4.78, 5) is 11.2. The van der Waals surface area contributed by atoms with Crippen molar-refractivity contribution in [3.63, 3.8) is 0 Å². The first-order valence-electron chi connectivity index (χ1n) is 12.1. The fraction of sp³-hybridized carbons (Fsp3) is 0.345. The number of aliphatic carboxylic acids is 1. The molecular weight excluding hydrogens is 426 g/mol. The van der Waals surface area contributed by atoms with Crippen molar-refractivity contribution in [2.24, 2.45) is 11.7 Å². The Morgan fingerprint density at radius 2 is 1.71 bits per heavy atom. The van der Waals surface area contributed by atoms with Crippen LogP contribution in [0, 0.1) is 5.92 Å². The molecule has 0 aliphatic heterocycles. The Bertz CT molecular complexity index is 1120. The summed E-state index contributed by atoms with van der Waals surface area (Å²) in [5, 5.41) is 20.5. The van der Waals surface area contributed by atoms with E-state index in [0.29, 0.717) is 17.9 Å². The molecule has 0 radical (unpaired) electrons. The van der Waals surface area contributed by atoms with Gasteiger partial charge in [-0.15, -0.1) is 0 Å². The molecule has 1 aliphatic rings. The maximum atomic E-state index is 11.2. The minimum absolute atomic E-state index is 0.0895. The number of aliphatic hydroxyl groups is 1. The lowest BCUT2D eigenvalue weighted by Gasteiger charge is -2.27. The average molecular weight is 460 g/mol. The Morgan fingerprint density at radius 1 is 0.941 bits per heavy atom. The highest BCUT2D eigenvalue weighted by molar-refractivity contribution is 5.71. The van der Waals surface area contributed by atoms with Gasteiger partial charge in [-0.25, -0.2) is 0 Å². The Balaban J connectivity index is 1.65. The van der Waals surface area contributed by atoms with Crippen LogP contribution in [-0.4, -0.2) is 16.2 Å². The summed E-state index contributed by atoms with van der Waals surface area (Å²) in [6.45, 7) is 0.750. The van der Waals surface area contributed by atoms with Gasteiger partial charge in [0.15, 0.2) is 0 Å². The van der Waals surface area contributed by atoms with Crippen LogP contribution in [0.1, 0.15) is 60.5 Å². The van der Waals surface area contributed by atoms with Crippen molar-refractivity contribution in [3.8, 4) is 16.9 Å². The lowest BCUT2D eigenvalue weighted by Crippen LogP contribution is -2.16. The van der Waals surface area contributed by atoms with E-state index in [1.54, 1.807) is 12.1 Å². The van der Waals surface area contributed by atoms with E-state index in [4.69, 9.17) is 10.5 Å². The molecular formula is C29H33NO4. The molecule has 4 N–H and O–H groups in total. The Morgan fingerprint density at radius 3 is 2.47 bits per heavy atom. The van der Waals surface area contributed by atoms with Gasteiger partial charge in [-0.1, -0.05) is 55.7 Å². The number of rotatable bonds is 9. The molecule has 178 valence electrons. The zero-order chi connectivity index (χ0) is 23.9. The number of hydrogen-bond donors (Lipinski definition) is 3. The maximum Gasteiger partial charge on any atom is 0.307 e. The molecule has 1 fully saturated rings. The fourth-order valence-electron chi connectivity index (χ4n) is 4.85. The predicted molar refractivity (Wildman–Crippen MR) is 133 cm³/mol. The molecule has 0 spiro atoms. The molecule has 5 heteroatoms. The standard InChI is InChI=1S/C29H33NO4/c30-18-20-7-6-11-23(13-20)25-14-21(15-26(16-25)29(33)22-8-2-1-3-9-22)19-34-27-12-5-4-10-24(27)17-28(31)32/h4-7,10-16,22,29,33H,1-3,8-9,17-19,30H2,(H,31,32). The van der Waals surface area contributed by atoms with Crippen molar-refractivity contribution >= 4 is 5.97 Å². The second-order valence-corrected chi connectivity index (χ2v) is 9.18. The van der Waals surface area contributed by atoms with Crippen molar-refractivity contribution in [1.29, 1.82) is 0 Å². The minimum atomic E-state index is -0.893. The highest BCUT2D eigenvalue weighted by atomic mass is 16.5. The molecule has 0 bridgehead atoms. The van der Waals surface area contributed by atoms with E-state index in [2.05, 4.69) is 24.3 Å². The van der Waals surface area contributed by atoms with Crippen LogP contribution in [0.25, 0.3) is 11.1 Å². The predicted octanol–water partition coefficient (Wildman–Crippen LogP) is 5.63. The third-order valence-corrected chi connectivity index (χ3v) is 6.66. The second kappa shape index (κ2) is 11.3. The van der Waals surface area contributed by atoms with Crippen LogP contribution < -0.4 is 10.5 Å². The Labute approximate surface area is 201 Å². The number of benzene rings is 3. The number of hydrogen-bond acceptors (Lipinski definition) is 4. The fourth-order valence-corrected chi connectivity index (χ4v) is 4.85. The van der Waals surface area contributed by atoms with E-state index >= 15 is 0 Å². The number of para-hydroxylation sites is 1. The second-order valence-electron chi connectivity index (χ2n) is 9.18. The molecule has 0 saturated heterocycles. The molecule has 0 heterocycles. The van der Waals surface area contributed by atoms with E-state index in [9.17, 15) is 15.0 Å². The molecule has 3 aromatic rings. The zero-order valence-corrected chi connectivity index (χ0v) is 19.5. The number of carboxylic acid groups (broad SMARTS) is 1. The largest absolute Gasteiger partial charge is 0.489 e. The topological polar surface area (TPSA) is 92.8 Å². The summed E-state index contributed by atoms with van der Waals surface area (Å²) < 4.78 is 6.08. The molecule has 5 nitrogen and oxygen atoms in total. The van der Waals surface area contributed by atoms with Crippen LogP contribution in [0.5, 0.6) is 5.75 Å². The summed E-state index contributed by atoms with van der Waals surface area (Å²) >= 11 is 0. The third-order valence-electron chi connectivity index (χ3n) is 6.66. The summed E-state index contributed by atoms with van der Waals surface area (Å²) in [6, 6.07) is 21.5. The van der Waals surface area contributed by atoms with E-state index in [-0.39, 0.29) is 18.9 Å². The molecule has 1 saturated carbocycles. The van der Waals surface area contributed by atoms with Gasteiger partial charge in [0, 0.05) is 12.1 Å². The molecule has 1 unspecified atom stereocenters. The smallest absolute Gasteiger partial charge is 0.307 e. The first kappa shape index (κ1) is 24.0. The number of ether oxygens (including phenoxy) is 1. The summed E-state index contributed by atoms with van der Waals surface area (Å²) in [5.41, 5.74) is 11.5. The molecule has 34 heavy (non-hydrogen) atoms. The van der Waals surface area contributed by atoms with Gasteiger partial charge >= 0.3 is 5.97 Å². The van der Waals surface area contributed by atoms with E-state index in [1.807, 2.05) is 30.3 Å². The van der Waals surface area contributed by atoms with Gasteiger partial charge in [0.25, 0.3) is 0 Å². The van der Waals surface area contributed by atoms with Crippen LogP contribution in [0.15, 0.2) is 66.7 Å². The van der Waals surface area contributed by atoms with Crippen LogP contribution >= 0.6 is 0 Å². The zero-order valence-electron chi connectivity index (χ0n) is 19.5. The lowest BCUT2D eigenvalue weighted by atomic mass is 9.82. The van der Waals surface area contributed by atoms with Gasteiger partial charge in [-0.3, -0.25) is 4.79 Å². The number of nitrogens with two attached hydrogens (primary N) is 1. The van der Waals surface area contributed by atoms with Crippen molar-refractivity contribution in [2.45, 2.75) is 57.8 Å². The minimum Gasteiger partial charge on any atom is -0.489 e. The van der Waals surface area contributed by atoms with Crippen molar-refractivity contribution in [1.82, 2.24) is 0 Å². The maximum absolute atomic E-state index is 11.2. The molecule has 1 aliphatic carbocycles. The molecule has 0 aromatic heterocycles. The summed E-state index contributed by atoms with van der Waals surface area (Å²) in [7, 11) is 0. The van der Waals surface area contributed by atoms with Gasteiger partial charge in [0.1, 0.15) is 12.4 Å². The number of carbonyl (C=O) groups is 1. The van der Waals surface area contributed by atoms with Crippen molar-refractivity contribution in [3.05, 3.63) is 89.0 Å². The molecule has 0 amide bonds. The van der Waals surface area contributed by atoms with Gasteiger partial charge in [0.05, 0.1) is 12.5 Å². The number of aliphatic hydroxyl groups excluding tert-OH is 1. The van der Waals surface area contributed by atoms with Gasteiger partial charge in [-0.05, 0) is 76.9 Å². The third kappa shape index (κ3) is 6.04. The van der Waals surface area contributed by atoms with Crippen LogP contribution in [0.3, 0.4) is 0 Å². The lowest BCUT2D eigenvalue weighted by molar-refractivity contribution is -0.136. The quantitative estimate of drug-likeness (QED) is 0.385. The van der Waals surface area contributed by atoms with Crippen molar-refractivity contribution < 1.29 is 19.7 Å². The van der Waals surface area contributed by atoms with E-state index < -0.39 is 12.1 Å². The highest BCUT2D eigenvalue weighted by Gasteiger charge is 2.24. The van der Waals surface area contributed by atoms with E-state index in [1.165, 1.54) is 6.42 Å². The molecule has 1 atom stereocenters. The van der Waals surface area contributed by atoms with Crippen molar-refractivity contribution in [2.75, 3.05) is 0 Å².